The van der Waals surface area contributed by atoms with E-state index in [-0.39, 0.29) is 30.2 Å². The van der Waals surface area contributed by atoms with Crippen LogP contribution in [0.1, 0.15) is 39.5 Å². The summed E-state index contributed by atoms with van der Waals surface area (Å²) in [7, 11) is 0. The number of rotatable bonds is 10. The van der Waals surface area contributed by atoms with Crippen molar-refractivity contribution in [1.29, 1.82) is 0 Å². The van der Waals surface area contributed by atoms with E-state index in [0.717, 1.165) is 38.9 Å². The van der Waals surface area contributed by atoms with Crippen molar-refractivity contribution in [2.75, 3.05) is 37.6 Å². The highest BCUT2D eigenvalue weighted by atomic mass is 19.1. The number of carbonyl (C=O) groups is 2. The van der Waals surface area contributed by atoms with E-state index >= 15 is 0 Å². The molecule has 0 spiro atoms. The highest BCUT2D eigenvalue weighted by Crippen LogP contribution is 2.21. The number of benzene rings is 1. The van der Waals surface area contributed by atoms with Gasteiger partial charge in [0.15, 0.2) is 0 Å². The first-order chi connectivity index (χ1) is 13.0. The molecule has 0 bridgehead atoms. The molecule has 1 aromatic carbocycles. The van der Waals surface area contributed by atoms with Crippen LogP contribution in [0.2, 0.25) is 0 Å². The third kappa shape index (κ3) is 6.82. The number of hydrogen-bond donors (Lipinski definition) is 2. The van der Waals surface area contributed by atoms with Crippen molar-refractivity contribution in [1.82, 2.24) is 15.5 Å². The topological polar surface area (TPSA) is 64.7 Å². The molecule has 7 heteroatoms. The average molecular weight is 378 g/mol. The van der Waals surface area contributed by atoms with E-state index in [1.54, 1.807) is 17.0 Å². The zero-order valence-electron chi connectivity index (χ0n) is 16.3. The van der Waals surface area contributed by atoms with Gasteiger partial charge in [-0.25, -0.2) is 9.18 Å². The smallest absolute Gasteiger partial charge is 0.315 e. The lowest BCUT2D eigenvalue weighted by Crippen LogP contribution is -2.44. The van der Waals surface area contributed by atoms with Crippen LogP contribution < -0.4 is 15.5 Å². The summed E-state index contributed by atoms with van der Waals surface area (Å²) in [4.78, 5) is 28.2. The van der Waals surface area contributed by atoms with Gasteiger partial charge in [0, 0.05) is 25.2 Å². The Balaban J connectivity index is 1.70. The number of anilines is 1. The van der Waals surface area contributed by atoms with Crippen LogP contribution in [0.4, 0.5) is 14.9 Å². The molecule has 1 aliphatic heterocycles. The molecule has 1 aliphatic rings. The molecule has 0 aromatic heterocycles. The minimum atomic E-state index is -0.337. The number of hydrogen-bond acceptors (Lipinski definition) is 3. The Morgan fingerprint density at radius 2 is 1.85 bits per heavy atom. The molecule has 0 aliphatic carbocycles. The summed E-state index contributed by atoms with van der Waals surface area (Å²) in [6.07, 6.45) is 3.42. The van der Waals surface area contributed by atoms with Crippen molar-refractivity contribution < 1.29 is 14.0 Å². The summed E-state index contributed by atoms with van der Waals surface area (Å²) >= 11 is 0. The van der Waals surface area contributed by atoms with Crippen LogP contribution in [-0.4, -0.2) is 55.6 Å². The molecule has 2 N–H and O–H groups in total. The van der Waals surface area contributed by atoms with Gasteiger partial charge in [-0.05, 0) is 63.2 Å². The Bertz CT molecular complexity index is 603. The zero-order chi connectivity index (χ0) is 19.6. The average Bonchev–Trinajstić information content (AvgIpc) is 2.99. The summed E-state index contributed by atoms with van der Waals surface area (Å²) in [5.74, 6) is -0.405. The highest BCUT2D eigenvalue weighted by molar-refractivity contribution is 5.96. The van der Waals surface area contributed by atoms with Gasteiger partial charge in [0.25, 0.3) is 0 Å². The minimum Gasteiger partial charge on any atom is -0.338 e. The van der Waals surface area contributed by atoms with E-state index in [9.17, 15) is 14.0 Å². The maximum absolute atomic E-state index is 13.0. The van der Waals surface area contributed by atoms with Gasteiger partial charge in [0.05, 0.1) is 6.04 Å². The molecule has 1 aromatic rings. The van der Waals surface area contributed by atoms with Crippen molar-refractivity contribution >= 4 is 17.6 Å². The van der Waals surface area contributed by atoms with E-state index in [0.29, 0.717) is 18.8 Å². The third-order valence-electron chi connectivity index (χ3n) is 4.61. The molecule has 0 saturated carbocycles. The Hall–Kier alpha value is -2.15. The van der Waals surface area contributed by atoms with Crippen molar-refractivity contribution in [2.45, 2.75) is 45.6 Å². The molecule has 1 saturated heterocycles. The molecule has 6 nitrogen and oxygen atoms in total. The van der Waals surface area contributed by atoms with Crippen LogP contribution in [0.5, 0.6) is 0 Å². The molecule has 0 unspecified atom stereocenters. The molecule has 150 valence electrons. The first-order valence-electron chi connectivity index (χ1n) is 9.86. The second-order valence-electron chi connectivity index (χ2n) is 6.98. The fourth-order valence-electron chi connectivity index (χ4n) is 3.38. The van der Waals surface area contributed by atoms with Gasteiger partial charge in [0.1, 0.15) is 5.82 Å². The molecule has 1 fully saturated rings. The molecule has 27 heavy (non-hydrogen) atoms. The third-order valence-corrected chi connectivity index (χ3v) is 4.61. The lowest BCUT2D eigenvalue weighted by molar-refractivity contribution is -0.117. The van der Waals surface area contributed by atoms with E-state index < -0.39 is 0 Å². The van der Waals surface area contributed by atoms with Crippen molar-refractivity contribution in [3.8, 4) is 0 Å². The van der Waals surface area contributed by atoms with Gasteiger partial charge in [-0.2, -0.15) is 0 Å². The predicted molar refractivity (Wildman–Crippen MR) is 105 cm³/mol. The SMILES string of the molecule is CCCN(CCC)CCCNC(=O)N[C@@H]1CC(=O)N(c2ccc(F)cc2)C1. The van der Waals surface area contributed by atoms with E-state index in [1.807, 2.05) is 0 Å². The maximum atomic E-state index is 13.0. The molecule has 2 rings (SSSR count). The number of amides is 3. The van der Waals surface area contributed by atoms with E-state index in [2.05, 4.69) is 29.4 Å². The van der Waals surface area contributed by atoms with Gasteiger partial charge in [0.2, 0.25) is 5.91 Å². The summed E-state index contributed by atoms with van der Waals surface area (Å²) in [6, 6.07) is 5.33. The number of halogens is 1. The van der Waals surface area contributed by atoms with Crippen molar-refractivity contribution in [3.63, 3.8) is 0 Å². The Labute approximate surface area is 161 Å². The van der Waals surface area contributed by atoms with E-state index in [4.69, 9.17) is 0 Å². The highest BCUT2D eigenvalue weighted by Gasteiger charge is 2.31. The van der Waals surface area contributed by atoms with Crippen LogP contribution in [0, 0.1) is 5.82 Å². The van der Waals surface area contributed by atoms with Crippen LogP contribution >= 0.6 is 0 Å². The first kappa shape index (κ1) is 21.2. The standard InChI is InChI=1S/C20H31FN4O2/c1-3-11-24(12-4-2)13-5-10-22-20(27)23-17-14-19(26)25(15-17)18-8-6-16(21)7-9-18/h6-9,17H,3-5,10-15H2,1-2H3,(H2,22,23,27)/t17-/m1/s1. The monoisotopic (exact) mass is 378 g/mol. The number of nitrogens with zero attached hydrogens (tertiary/aromatic N) is 2. The van der Waals surface area contributed by atoms with Gasteiger partial charge in [-0.3, -0.25) is 4.79 Å². The molecule has 1 heterocycles. The lowest BCUT2D eigenvalue weighted by Gasteiger charge is -2.21. The van der Waals surface area contributed by atoms with Gasteiger partial charge < -0.3 is 20.4 Å². The normalized spacial score (nSPS) is 16.8. The zero-order valence-corrected chi connectivity index (χ0v) is 16.3. The van der Waals surface area contributed by atoms with Crippen molar-refractivity contribution in [3.05, 3.63) is 30.1 Å². The molecule has 0 radical (unpaired) electrons. The largest absolute Gasteiger partial charge is 0.338 e. The van der Waals surface area contributed by atoms with Crippen LogP contribution in [0.3, 0.4) is 0 Å². The number of carbonyl (C=O) groups excluding carboxylic acids is 2. The predicted octanol–water partition coefficient (Wildman–Crippen LogP) is 2.74. The Morgan fingerprint density at radius 3 is 2.48 bits per heavy atom. The van der Waals surface area contributed by atoms with Crippen LogP contribution in [0.15, 0.2) is 24.3 Å². The summed E-state index contributed by atoms with van der Waals surface area (Å²) in [5, 5.41) is 5.73. The minimum absolute atomic E-state index is 0.0679. The van der Waals surface area contributed by atoms with Gasteiger partial charge in [-0.15, -0.1) is 0 Å². The molecular formula is C20H31FN4O2. The lowest BCUT2D eigenvalue weighted by atomic mass is 10.2. The summed E-state index contributed by atoms with van der Waals surface area (Å²) in [5.41, 5.74) is 0.651. The molecular weight excluding hydrogens is 347 g/mol. The van der Waals surface area contributed by atoms with Crippen molar-refractivity contribution in [2.24, 2.45) is 0 Å². The number of nitrogens with one attached hydrogen (secondary N) is 2. The quantitative estimate of drug-likeness (QED) is 0.616. The summed E-state index contributed by atoms with van der Waals surface area (Å²) < 4.78 is 13.0. The fourth-order valence-corrected chi connectivity index (χ4v) is 3.38. The van der Waals surface area contributed by atoms with Crippen LogP contribution in [-0.2, 0) is 4.79 Å². The van der Waals surface area contributed by atoms with Gasteiger partial charge in [-0.1, -0.05) is 13.8 Å². The molecule has 3 amide bonds. The van der Waals surface area contributed by atoms with E-state index in [1.165, 1.54) is 12.1 Å². The van der Waals surface area contributed by atoms with Crippen LogP contribution in [0.25, 0.3) is 0 Å². The first-order valence-corrected chi connectivity index (χ1v) is 9.86. The fraction of sp³-hybridized carbons (Fsp3) is 0.600. The maximum Gasteiger partial charge on any atom is 0.315 e. The molecule has 1 atom stereocenters. The second kappa shape index (κ2) is 10.9. The summed E-state index contributed by atoms with van der Waals surface area (Å²) in [6.45, 7) is 8.50. The van der Waals surface area contributed by atoms with Gasteiger partial charge >= 0.3 is 6.03 Å². The number of urea groups is 1. The second-order valence-corrected chi connectivity index (χ2v) is 6.98. The Morgan fingerprint density at radius 1 is 1.19 bits per heavy atom. The Kier molecular flexibility index (Phi) is 8.51.